The molecular weight excluding hydrogens is 314 g/mol. The third kappa shape index (κ3) is 4.43. The summed E-state index contributed by atoms with van der Waals surface area (Å²) >= 11 is 1.41. The van der Waals surface area contributed by atoms with E-state index in [2.05, 4.69) is 9.97 Å². The first kappa shape index (κ1) is 16.7. The van der Waals surface area contributed by atoms with Crippen molar-refractivity contribution in [2.75, 3.05) is 32.1 Å². The molecule has 1 amide bonds. The Morgan fingerprint density at radius 2 is 1.83 bits per heavy atom. The molecule has 1 aromatic rings. The molecule has 2 aliphatic rings. The van der Waals surface area contributed by atoms with Gasteiger partial charge in [0.2, 0.25) is 5.91 Å². The lowest BCUT2D eigenvalue weighted by Crippen LogP contribution is -2.42. The molecule has 0 atom stereocenters. The molecule has 0 saturated carbocycles. The number of piperidine rings is 1. The minimum atomic E-state index is -0.0645. The molecule has 0 bridgehead atoms. The maximum Gasteiger partial charge on any atom is 0.233 e. The average molecular weight is 337 g/mol. The van der Waals surface area contributed by atoms with Crippen LogP contribution in [0.1, 0.15) is 24.2 Å². The van der Waals surface area contributed by atoms with Gasteiger partial charge in [-0.1, -0.05) is 11.8 Å². The first-order valence-electron chi connectivity index (χ1n) is 8.08. The van der Waals surface area contributed by atoms with Crippen molar-refractivity contribution in [1.82, 2.24) is 14.9 Å². The number of rotatable bonds is 4. The third-order valence-electron chi connectivity index (χ3n) is 4.21. The predicted octanol–water partition coefficient (Wildman–Crippen LogP) is 1.80. The fourth-order valence-electron chi connectivity index (χ4n) is 3.05. The van der Waals surface area contributed by atoms with E-state index in [-0.39, 0.29) is 12.2 Å². The van der Waals surface area contributed by atoms with Crippen LogP contribution in [0.15, 0.2) is 11.2 Å². The molecule has 3 heterocycles. The van der Waals surface area contributed by atoms with Crippen molar-refractivity contribution in [2.45, 2.75) is 38.1 Å². The van der Waals surface area contributed by atoms with Gasteiger partial charge in [-0.2, -0.15) is 0 Å². The van der Waals surface area contributed by atoms with Crippen molar-refractivity contribution >= 4 is 17.7 Å². The van der Waals surface area contributed by atoms with E-state index >= 15 is 0 Å². The van der Waals surface area contributed by atoms with Crippen LogP contribution < -0.4 is 0 Å². The smallest absolute Gasteiger partial charge is 0.233 e. The number of ether oxygens (including phenoxy) is 2. The number of amides is 1. The first-order valence-corrected chi connectivity index (χ1v) is 9.06. The Balaban J connectivity index is 1.45. The molecule has 2 saturated heterocycles. The van der Waals surface area contributed by atoms with Gasteiger partial charge in [-0.05, 0) is 32.8 Å². The second-order valence-corrected chi connectivity index (χ2v) is 6.99. The molecule has 1 aromatic heterocycles. The molecule has 126 valence electrons. The van der Waals surface area contributed by atoms with E-state index in [0.29, 0.717) is 30.0 Å². The molecule has 7 heteroatoms. The molecule has 3 rings (SSSR count). The van der Waals surface area contributed by atoms with Crippen LogP contribution in [0.25, 0.3) is 0 Å². The largest absolute Gasteiger partial charge is 0.350 e. The van der Waals surface area contributed by atoms with Crippen molar-refractivity contribution in [3.05, 3.63) is 17.5 Å². The Hall–Kier alpha value is -1.18. The molecule has 2 fully saturated rings. The van der Waals surface area contributed by atoms with Crippen molar-refractivity contribution in [3.63, 3.8) is 0 Å². The maximum absolute atomic E-state index is 12.4. The number of hydrogen-bond donors (Lipinski definition) is 0. The van der Waals surface area contributed by atoms with Gasteiger partial charge in [0.05, 0.1) is 19.0 Å². The number of nitrogens with zero attached hydrogens (tertiary/aromatic N) is 3. The Kier molecular flexibility index (Phi) is 5.50. The van der Waals surface area contributed by atoms with Gasteiger partial charge < -0.3 is 14.4 Å². The summed E-state index contributed by atoms with van der Waals surface area (Å²) in [4.78, 5) is 23.0. The van der Waals surface area contributed by atoms with Crippen molar-refractivity contribution in [3.8, 4) is 0 Å². The SMILES string of the molecule is Cc1cc(C)nc(SCC(=O)N2CCC(C3OCCO3)CC2)n1. The number of aromatic nitrogens is 2. The molecule has 2 aliphatic heterocycles. The number of carbonyl (C=O) groups excluding carboxylic acids is 1. The summed E-state index contributed by atoms with van der Waals surface area (Å²) < 4.78 is 11.1. The van der Waals surface area contributed by atoms with E-state index in [1.165, 1.54) is 11.8 Å². The standard InChI is InChI=1S/C16H23N3O3S/c1-11-9-12(2)18-16(17-11)23-10-14(20)19-5-3-13(4-6-19)15-21-7-8-22-15/h9,13,15H,3-8,10H2,1-2H3. The monoisotopic (exact) mass is 337 g/mol. The number of likely N-dealkylation sites (tertiary alicyclic amines) is 1. The summed E-state index contributed by atoms with van der Waals surface area (Å²) in [6.45, 7) is 6.83. The molecule has 0 spiro atoms. The molecule has 0 unspecified atom stereocenters. The Morgan fingerprint density at radius 1 is 1.22 bits per heavy atom. The highest BCUT2D eigenvalue weighted by atomic mass is 32.2. The van der Waals surface area contributed by atoms with E-state index in [4.69, 9.17) is 9.47 Å². The van der Waals surface area contributed by atoms with Crippen LogP contribution in [0, 0.1) is 19.8 Å². The molecular formula is C16H23N3O3S. The first-order chi connectivity index (χ1) is 11.1. The zero-order chi connectivity index (χ0) is 16.2. The summed E-state index contributed by atoms with van der Waals surface area (Å²) in [6, 6.07) is 1.93. The van der Waals surface area contributed by atoms with Crippen LogP contribution in [0.3, 0.4) is 0 Å². The second kappa shape index (κ2) is 7.59. The lowest BCUT2D eigenvalue weighted by atomic mass is 9.96. The van der Waals surface area contributed by atoms with Crippen LogP contribution in [-0.2, 0) is 14.3 Å². The fourth-order valence-corrected chi connectivity index (χ4v) is 3.90. The van der Waals surface area contributed by atoms with Gasteiger partial charge in [0.1, 0.15) is 0 Å². The molecule has 0 N–H and O–H groups in total. The normalized spacial score (nSPS) is 20.2. The second-order valence-electron chi connectivity index (χ2n) is 6.05. The van der Waals surface area contributed by atoms with Gasteiger partial charge in [0, 0.05) is 30.4 Å². The predicted molar refractivity (Wildman–Crippen MR) is 87.2 cm³/mol. The van der Waals surface area contributed by atoms with Crippen LogP contribution in [-0.4, -0.2) is 59.1 Å². The highest BCUT2D eigenvalue weighted by Gasteiger charge is 2.31. The maximum atomic E-state index is 12.4. The zero-order valence-electron chi connectivity index (χ0n) is 13.7. The van der Waals surface area contributed by atoms with Gasteiger partial charge in [0.25, 0.3) is 0 Å². The quantitative estimate of drug-likeness (QED) is 0.617. The van der Waals surface area contributed by atoms with E-state index in [1.54, 1.807) is 0 Å². The van der Waals surface area contributed by atoms with Gasteiger partial charge in [-0.3, -0.25) is 4.79 Å². The molecule has 6 nitrogen and oxygen atoms in total. The Morgan fingerprint density at radius 3 is 2.43 bits per heavy atom. The summed E-state index contributed by atoms with van der Waals surface area (Å²) in [5, 5.41) is 0.679. The number of aryl methyl sites for hydroxylation is 2. The van der Waals surface area contributed by atoms with Crippen molar-refractivity contribution in [2.24, 2.45) is 5.92 Å². The lowest BCUT2D eigenvalue weighted by molar-refractivity contribution is -0.134. The average Bonchev–Trinajstić information content (AvgIpc) is 3.06. The van der Waals surface area contributed by atoms with Crippen LogP contribution >= 0.6 is 11.8 Å². The number of thioether (sulfide) groups is 1. The van der Waals surface area contributed by atoms with E-state index < -0.39 is 0 Å². The minimum absolute atomic E-state index is 0.0645. The van der Waals surface area contributed by atoms with E-state index in [1.807, 2.05) is 24.8 Å². The van der Waals surface area contributed by atoms with E-state index in [9.17, 15) is 4.79 Å². The Labute approximate surface area is 141 Å². The highest BCUT2D eigenvalue weighted by Crippen LogP contribution is 2.26. The van der Waals surface area contributed by atoms with Gasteiger partial charge in [0.15, 0.2) is 11.4 Å². The van der Waals surface area contributed by atoms with Gasteiger partial charge >= 0.3 is 0 Å². The van der Waals surface area contributed by atoms with Gasteiger partial charge in [-0.25, -0.2) is 9.97 Å². The van der Waals surface area contributed by atoms with Crippen LogP contribution in [0.4, 0.5) is 0 Å². The molecule has 0 aromatic carbocycles. The molecule has 0 radical (unpaired) electrons. The van der Waals surface area contributed by atoms with Crippen molar-refractivity contribution in [1.29, 1.82) is 0 Å². The van der Waals surface area contributed by atoms with Crippen LogP contribution in [0.2, 0.25) is 0 Å². The summed E-state index contributed by atoms with van der Waals surface area (Å²) in [6.07, 6.45) is 1.83. The van der Waals surface area contributed by atoms with Crippen LogP contribution in [0.5, 0.6) is 0 Å². The topological polar surface area (TPSA) is 64.6 Å². The lowest BCUT2D eigenvalue weighted by Gasteiger charge is -2.33. The number of carbonyl (C=O) groups is 1. The molecule has 23 heavy (non-hydrogen) atoms. The summed E-state index contributed by atoms with van der Waals surface area (Å²) in [7, 11) is 0. The Bertz CT molecular complexity index is 535. The molecule has 0 aliphatic carbocycles. The van der Waals surface area contributed by atoms with Crippen molar-refractivity contribution < 1.29 is 14.3 Å². The zero-order valence-corrected chi connectivity index (χ0v) is 14.5. The fraction of sp³-hybridized carbons (Fsp3) is 0.688. The van der Waals surface area contributed by atoms with Gasteiger partial charge in [-0.15, -0.1) is 0 Å². The summed E-state index contributed by atoms with van der Waals surface area (Å²) in [5.41, 5.74) is 1.87. The van der Waals surface area contributed by atoms with E-state index in [0.717, 1.165) is 37.3 Å². The highest BCUT2D eigenvalue weighted by molar-refractivity contribution is 7.99. The third-order valence-corrected chi connectivity index (χ3v) is 5.04. The summed E-state index contributed by atoms with van der Waals surface area (Å²) in [5.74, 6) is 0.964. The minimum Gasteiger partial charge on any atom is -0.350 e. The number of hydrogen-bond acceptors (Lipinski definition) is 6.